The quantitative estimate of drug-likeness (QED) is 0.715. The summed E-state index contributed by atoms with van der Waals surface area (Å²) in [7, 11) is 0. The third-order valence-corrected chi connectivity index (χ3v) is 2.17. The summed E-state index contributed by atoms with van der Waals surface area (Å²) in [6.07, 6.45) is 0. The molecule has 0 spiro atoms. The van der Waals surface area contributed by atoms with Gasteiger partial charge in [-0.25, -0.2) is 0 Å². The van der Waals surface area contributed by atoms with Crippen LogP contribution in [0.1, 0.15) is 22.8 Å². The normalized spacial score (nSPS) is 8.94. The minimum atomic E-state index is -0.221. The minimum Gasteiger partial charge on any atom is -0.326 e. The van der Waals surface area contributed by atoms with Crippen molar-refractivity contribution in [1.82, 2.24) is 4.90 Å². The number of hydrogen-bond acceptors (Lipinski definition) is 3. The first-order chi connectivity index (χ1) is 7.72. The monoisotopic (exact) mass is 213 g/mol. The summed E-state index contributed by atoms with van der Waals surface area (Å²) in [6, 6.07) is 10.4. The van der Waals surface area contributed by atoms with Gasteiger partial charge >= 0.3 is 0 Å². The molecule has 0 bridgehead atoms. The molecule has 1 rings (SSSR count). The Morgan fingerprint density at radius 3 is 2.75 bits per heavy atom. The van der Waals surface area contributed by atoms with E-state index in [1.165, 1.54) is 11.0 Å². The van der Waals surface area contributed by atoms with E-state index in [0.717, 1.165) is 0 Å². The molecule has 0 N–H and O–H groups in total. The molecule has 0 aromatic heterocycles. The molecule has 0 fully saturated rings. The van der Waals surface area contributed by atoms with E-state index in [0.29, 0.717) is 17.7 Å². The molecule has 1 aromatic rings. The van der Waals surface area contributed by atoms with Gasteiger partial charge in [-0.3, -0.25) is 4.79 Å². The van der Waals surface area contributed by atoms with Crippen LogP contribution in [0.4, 0.5) is 0 Å². The van der Waals surface area contributed by atoms with Crippen LogP contribution in [0.3, 0.4) is 0 Å². The zero-order chi connectivity index (χ0) is 12.0. The van der Waals surface area contributed by atoms with Crippen LogP contribution in [0.5, 0.6) is 0 Å². The van der Waals surface area contributed by atoms with E-state index in [1.54, 1.807) is 18.2 Å². The largest absolute Gasteiger partial charge is 0.326 e. The molecule has 0 aliphatic carbocycles. The van der Waals surface area contributed by atoms with E-state index >= 15 is 0 Å². The highest BCUT2D eigenvalue weighted by molar-refractivity contribution is 5.94. The lowest BCUT2D eigenvalue weighted by Crippen LogP contribution is -2.31. The highest BCUT2D eigenvalue weighted by Gasteiger charge is 2.13. The van der Waals surface area contributed by atoms with Gasteiger partial charge in [0.2, 0.25) is 0 Å². The van der Waals surface area contributed by atoms with Crippen LogP contribution < -0.4 is 0 Å². The van der Waals surface area contributed by atoms with Crippen molar-refractivity contribution in [1.29, 1.82) is 10.5 Å². The van der Waals surface area contributed by atoms with Crippen molar-refractivity contribution >= 4 is 5.91 Å². The van der Waals surface area contributed by atoms with Gasteiger partial charge < -0.3 is 4.90 Å². The Labute approximate surface area is 94.3 Å². The maximum Gasteiger partial charge on any atom is 0.254 e. The van der Waals surface area contributed by atoms with Crippen molar-refractivity contribution < 1.29 is 4.79 Å². The summed E-state index contributed by atoms with van der Waals surface area (Å²) < 4.78 is 0. The molecular formula is C12H11N3O. The first-order valence-corrected chi connectivity index (χ1v) is 4.89. The zero-order valence-electron chi connectivity index (χ0n) is 8.97. The van der Waals surface area contributed by atoms with Crippen molar-refractivity contribution in [3.63, 3.8) is 0 Å². The lowest BCUT2D eigenvalue weighted by molar-refractivity contribution is 0.0784. The summed E-state index contributed by atoms with van der Waals surface area (Å²) in [5.41, 5.74) is 0.884. The van der Waals surface area contributed by atoms with E-state index in [1.807, 2.05) is 19.1 Å². The number of benzene rings is 1. The fourth-order valence-electron chi connectivity index (χ4n) is 1.32. The van der Waals surface area contributed by atoms with E-state index < -0.39 is 0 Å². The molecular weight excluding hydrogens is 202 g/mol. The topological polar surface area (TPSA) is 67.9 Å². The first-order valence-electron chi connectivity index (χ1n) is 4.89. The summed E-state index contributed by atoms with van der Waals surface area (Å²) in [4.78, 5) is 13.3. The predicted molar refractivity (Wildman–Crippen MR) is 58.3 cm³/mol. The lowest BCUT2D eigenvalue weighted by atomic mass is 10.1. The van der Waals surface area contributed by atoms with Gasteiger partial charge in [0.15, 0.2) is 0 Å². The molecule has 0 heterocycles. The van der Waals surface area contributed by atoms with Crippen molar-refractivity contribution in [2.45, 2.75) is 6.92 Å². The molecule has 0 saturated carbocycles. The van der Waals surface area contributed by atoms with Gasteiger partial charge in [-0.15, -0.1) is 0 Å². The van der Waals surface area contributed by atoms with Gasteiger partial charge in [0, 0.05) is 12.1 Å². The smallest absolute Gasteiger partial charge is 0.254 e. The third-order valence-electron chi connectivity index (χ3n) is 2.17. The highest BCUT2D eigenvalue weighted by atomic mass is 16.2. The molecule has 0 aliphatic rings. The molecule has 0 aliphatic heterocycles. The van der Waals surface area contributed by atoms with E-state index in [2.05, 4.69) is 0 Å². The Morgan fingerprint density at radius 1 is 1.44 bits per heavy atom. The minimum absolute atomic E-state index is 0.0616. The third kappa shape index (κ3) is 2.59. The fraction of sp³-hybridized carbons (Fsp3) is 0.250. The number of rotatable bonds is 3. The SMILES string of the molecule is CCN(CC#N)C(=O)c1cccc(C#N)c1. The van der Waals surface area contributed by atoms with Crippen LogP contribution in [0, 0.1) is 22.7 Å². The molecule has 4 nitrogen and oxygen atoms in total. The van der Waals surface area contributed by atoms with Gasteiger partial charge in [0.05, 0.1) is 17.7 Å². The Bertz CT molecular complexity index is 468. The van der Waals surface area contributed by atoms with Crippen LogP contribution in [0.25, 0.3) is 0 Å². The van der Waals surface area contributed by atoms with Crippen LogP contribution >= 0.6 is 0 Å². The van der Waals surface area contributed by atoms with Crippen LogP contribution in [0.2, 0.25) is 0 Å². The van der Waals surface area contributed by atoms with E-state index in [-0.39, 0.29) is 12.5 Å². The standard InChI is InChI=1S/C12H11N3O/c1-2-15(7-6-13)12(16)11-5-3-4-10(8-11)9-14/h3-5,8H,2,7H2,1H3. The average molecular weight is 213 g/mol. The molecule has 1 amide bonds. The van der Waals surface area contributed by atoms with Gasteiger partial charge in [0.25, 0.3) is 5.91 Å². The number of amides is 1. The van der Waals surface area contributed by atoms with Crippen molar-refractivity contribution in [3.05, 3.63) is 35.4 Å². The Hall–Kier alpha value is -2.33. The second-order valence-electron chi connectivity index (χ2n) is 3.17. The van der Waals surface area contributed by atoms with Gasteiger partial charge in [0.1, 0.15) is 6.54 Å². The predicted octanol–water partition coefficient (Wildman–Crippen LogP) is 1.54. The number of carbonyl (C=O) groups excluding carboxylic acids is 1. The number of nitriles is 2. The molecule has 0 saturated heterocycles. The van der Waals surface area contributed by atoms with Crippen LogP contribution in [-0.2, 0) is 0 Å². The van der Waals surface area contributed by atoms with Crippen molar-refractivity contribution in [2.24, 2.45) is 0 Å². The Morgan fingerprint density at radius 2 is 2.19 bits per heavy atom. The number of nitrogens with zero attached hydrogens (tertiary/aromatic N) is 3. The summed E-state index contributed by atoms with van der Waals surface area (Å²) >= 11 is 0. The number of carbonyl (C=O) groups is 1. The van der Waals surface area contributed by atoms with Gasteiger partial charge in [-0.2, -0.15) is 10.5 Å². The maximum atomic E-state index is 11.9. The zero-order valence-corrected chi connectivity index (χ0v) is 8.97. The molecule has 1 aromatic carbocycles. The maximum absolute atomic E-state index is 11.9. The summed E-state index contributed by atoms with van der Waals surface area (Å²) in [5.74, 6) is -0.221. The van der Waals surface area contributed by atoms with Crippen LogP contribution in [0.15, 0.2) is 24.3 Å². The molecule has 0 radical (unpaired) electrons. The second kappa shape index (κ2) is 5.53. The number of hydrogen-bond donors (Lipinski definition) is 0. The Balaban J connectivity index is 2.96. The highest BCUT2D eigenvalue weighted by Crippen LogP contribution is 2.07. The van der Waals surface area contributed by atoms with Gasteiger partial charge in [-0.1, -0.05) is 6.07 Å². The fourth-order valence-corrected chi connectivity index (χ4v) is 1.32. The molecule has 80 valence electrons. The summed E-state index contributed by atoms with van der Waals surface area (Å²) in [6.45, 7) is 2.35. The average Bonchev–Trinajstić information content (AvgIpc) is 2.35. The molecule has 16 heavy (non-hydrogen) atoms. The van der Waals surface area contributed by atoms with Crippen molar-refractivity contribution in [3.8, 4) is 12.1 Å². The molecule has 0 atom stereocenters. The van der Waals surface area contributed by atoms with Crippen molar-refractivity contribution in [2.75, 3.05) is 13.1 Å². The van der Waals surface area contributed by atoms with Crippen LogP contribution in [-0.4, -0.2) is 23.9 Å². The molecule has 0 unspecified atom stereocenters. The molecule has 4 heteroatoms. The first kappa shape index (κ1) is 11.7. The Kier molecular flexibility index (Phi) is 4.06. The van der Waals surface area contributed by atoms with Gasteiger partial charge in [-0.05, 0) is 25.1 Å². The summed E-state index contributed by atoms with van der Waals surface area (Å²) in [5, 5.41) is 17.3. The van der Waals surface area contributed by atoms with E-state index in [9.17, 15) is 4.79 Å². The second-order valence-corrected chi connectivity index (χ2v) is 3.17. The van der Waals surface area contributed by atoms with E-state index in [4.69, 9.17) is 10.5 Å². The lowest BCUT2D eigenvalue weighted by Gasteiger charge is -2.16.